The third-order valence-corrected chi connectivity index (χ3v) is 5.48. The van der Waals surface area contributed by atoms with Crippen LogP contribution in [0.3, 0.4) is 0 Å². The van der Waals surface area contributed by atoms with Crippen molar-refractivity contribution in [2.45, 2.75) is 16.8 Å². The summed E-state index contributed by atoms with van der Waals surface area (Å²) in [5.41, 5.74) is 0.977. The van der Waals surface area contributed by atoms with Crippen molar-refractivity contribution >= 4 is 52.0 Å². The highest BCUT2D eigenvalue weighted by atomic mass is 35.5. The number of nitrogens with one attached hydrogen (secondary N) is 1. The topological polar surface area (TPSA) is 29.1 Å². The zero-order valence-corrected chi connectivity index (χ0v) is 13.9. The van der Waals surface area contributed by atoms with Crippen molar-refractivity contribution in [1.29, 1.82) is 0 Å². The van der Waals surface area contributed by atoms with Crippen molar-refractivity contribution < 1.29 is 4.79 Å². The summed E-state index contributed by atoms with van der Waals surface area (Å²) >= 11 is 19.4. The summed E-state index contributed by atoms with van der Waals surface area (Å²) in [6, 6.07) is 11.2. The number of thiophene rings is 1. The Bertz CT molecular complexity index is 639. The molecule has 1 aliphatic rings. The molecule has 1 aromatic carbocycles. The van der Waals surface area contributed by atoms with Crippen LogP contribution in [0.1, 0.15) is 22.9 Å². The van der Waals surface area contributed by atoms with Gasteiger partial charge in [0.1, 0.15) is 4.33 Å². The van der Waals surface area contributed by atoms with Crippen molar-refractivity contribution in [2.24, 2.45) is 5.92 Å². The van der Waals surface area contributed by atoms with Crippen LogP contribution in [-0.2, 0) is 4.79 Å². The number of halogens is 3. The lowest BCUT2D eigenvalue weighted by Crippen LogP contribution is -2.31. The van der Waals surface area contributed by atoms with Gasteiger partial charge in [0, 0.05) is 9.90 Å². The summed E-state index contributed by atoms with van der Waals surface area (Å²) in [7, 11) is 0. The SMILES string of the molecule is O=C(N[C@@H](c1ccc(Cl)cc1)c1cccs1)[C@@H]1CC1(Cl)Cl. The molecule has 1 aliphatic carbocycles. The number of carbonyl (C=O) groups excluding carboxylic acids is 1. The molecule has 1 amide bonds. The van der Waals surface area contributed by atoms with Gasteiger partial charge in [-0.15, -0.1) is 34.5 Å². The predicted octanol–water partition coefficient (Wildman–Crippen LogP) is 4.80. The fourth-order valence-electron chi connectivity index (χ4n) is 2.17. The van der Waals surface area contributed by atoms with Gasteiger partial charge < -0.3 is 5.32 Å². The lowest BCUT2D eigenvalue weighted by molar-refractivity contribution is -0.122. The smallest absolute Gasteiger partial charge is 0.227 e. The summed E-state index contributed by atoms with van der Waals surface area (Å²) in [4.78, 5) is 13.3. The summed E-state index contributed by atoms with van der Waals surface area (Å²) in [6.07, 6.45) is 0.500. The van der Waals surface area contributed by atoms with Gasteiger partial charge in [0.25, 0.3) is 0 Å². The molecule has 3 rings (SSSR count). The Balaban J connectivity index is 1.83. The molecule has 0 bridgehead atoms. The van der Waals surface area contributed by atoms with Crippen molar-refractivity contribution in [3.8, 4) is 0 Å². The molecule has 6 heteroatoms. The van der Waals surface area contributed by atoms with Crippen LogP contribution >= 0.6 is 46.1 Å². The first-order valence-electron chi connectivity index (χ1n) is 6.44. The van der Waals surface area contributed by atoms with Gasteiger partial charge in [0.15, 0.2) is 0 Å². The van der Waals surface area contributed by atoms with Gasteiger partial charge in [-0.2, -0.15) is 0 Å². The molecule has 0 unspecified atom stereocenters. The van der Waals surface area contributed by atoms with E-state index in [1.807, 2.05) is 41.8 Å². The van der Waals surface area contributed by atoms with Gasteiger partial charge in [-0.25, -0.2) is 0 Å². The maximum Gasteiger partial charge on any atom is 0.227 e. The average molecular weight is 361 g/mol. The van der Waals surface area contributed by atoms with Crippen molar-refractivity contribution in [3.05, 3.63) is 57.2 Å². The molecule has 1 saturated carbocycles. The van der Waals surface area contributed by atoms with E-state index in [0.29, 0.717) is 11.4 Å². The van der Waals surface area contributed by atoms with E-state index in [1.54, 1.807) is 11.3 Å². The van der Waals surface area contributed by atoms with Gasteiger partial charge in [0.2, 0.25) is 5.91 Å². The van der Waals surface area contributed by atoms with E-state index in [2.05, 4.69) is 5.32 Å². The molecule has 110 valence electrons. The van der Waals surface area contributed by atoms with Crippen LogP contribution in [0.5, 0.6) is 0 Å². The zero-order chi connectivity index (χ0) is 15.0. The molecule has 2 atom stereocenters. The largest absolute Gasteiger partial charge is 0.344 e. The van der Waals surface area contributed by atoms with Crippen molar-refractivity contribution in [2.75, 3.05) is 0 Å². The molecule has 0 aliphatic heterocycles. The maximum absolute atomic E-state index is 12.3. The van der Waals surface area contributed by atoms with E-state index in [-0.39, 0.29) is 17.9 Å². The summed E-state index contributed by atoms with van der Waals surface area (Å²) < 4.78 is -0.913. The third-order valence-electron chi connectivity index (χ3n) is 3.46. The zero-order valence-electron chi connectivity index (χ0n) is 10.9. The molecule has 0 radical (unpaired) electrons. The van der Waals surface area contributed by atoms with E-state index in [4.69, 9.17) is 34.8 Å². The van der Waals surface area contributed by atoms with Gasteiger partial charge >= 0.3 is 0 Å². The Labute approximate surface area is 142 Å². The fraction of sp³-hybridized carbons (Fsp3) is 0.267. The average Bonchev–Trinajstić information content (AvgIpc) is 2.88. The highest BCUT2D eigenvalue weighted by Gasteiger charge is 2.56. The van der Waals surface area contributed by atoms with Crippen LogP contribution in [0.15, 0.2) is 41.8 Å². The Kier molecular flexibility index (Phi) is 4.19. The van der Waals surface area contributed by atoms with E-state index in [1.165, 1.54) is 0 Å². The number of carbonyl (C=O) groups is 1. The minimum absolute atomic E-state index is 0.117. The molecule has 2 nitrogen and oxygen atoms in total. The summed E-state index contributed by atoms with van der Waals surface area (Å²) in [5.74, 6) is -0.455. The molecular formula is C15H12Cl3NOS. The summed E-state index contributed by atoms with van der Waals surface area (Å²) in [6.45, 7) is 0. The minimum atomic E-state index is -0.913. The van der Waals surface area contributed by atoms with E-state index in [9.17, 15) is 4.79 Å². The second-order valence-corrected chi connectivity index (χ2v) is 7.98. The Morgan fingerprint density at radius 1 is 1.29 bits per heavy atom. The first kappa shape index (κ1) is 15.2. The lowest BCUT2D eigenvalue weighted by atomic mass is 10.1. The summed E-state index contributed by atoms with van der Waals surface area (Å²) in [5, 5.41) is 5.68. The van der Waals surface area contributed by atoms with Crippen LogP contribution < -0.4 is 5.32 Å². The van der Waals surface area contributed by atoms with Gasteiger partial charge in [-0.3, -0.25) is 4.79 Å². The molecule has 0 spiro atoms. The highest BCUT2D eigenvalue weighted by Crippen LogP contribution is 2.53. The van der Waals surface area contributed by atoms with Crippen LogP contribution in [-0.4, -0.2) is 10.2 Å². The molecule has 1 N–H and O–H groups in total. The molecule has 21 heavy (non-hydrogen) atoms. The fourth-order valence-corrected chi connectivity index (χ4v) is 3.61. The maximum atomic E-state index is 12.3. The van der Waals surface area contributed by atoms with Crippen LogP contribution in [0.25, 0.3) is 0 Å². The Morgan fingerprint density at radius 2 is 1.95 bits per heavy atom. The van der Waals surface area contributed by atoms with Crippen LogP contribution in [0, 0.1) is 5.92 Å². The van der Waals surface area contributed by atoms with Crippen molar-refractivity contribution in [1.82, 2.24) is 5.32 Å². The van der Waals surface area contributed by atoms with E-state index >= 15 is 0 Å². The monoisotopic (exact) mass is 359 g/mol. The quantitative estimate of drug-likeness (QED) is 0.780. The molecule has 0 saturated heterocycles. The molecule has 1 fully saturated rings. The van der Waals surface area contributed by atoms with E-state index in [0.717, 1.165) is 10.4 Å². The number of hydrogen-bond acceptors (Lipinski definition) is 2. The lowest BCUT2D eigenvalue weighted by Gasteiger charge is -2.18. The second-order valence-electron chi connectivity index (χ2n) is 5.03. The molecule has 2 aromatic rings. The Hall–Kier alpha value is -0.740. The number of alkyl halides is 2. The third kappa shape index (κ3) is 3.37. The number of benzene rings is 1. The van der Waals surface area contributed by atoms with Crippen LogP contribution in [0.4, 0.5) is 0 Å². The highest BCUT2D eigenvalue weighted by molar-refractivity contribution is 7.10. The van der Waals surface area contributed by atoms with Crippen LogP contribution in [0.2, 0.25) is 5.02 Å². The second kappa shape index (κ2) is 5.81. The molecular weight excluding hydrogens is 349 g/mol. The first-order valence-corrected chi connectivity index (χ1v) is 8.46. The standard InChI is InChI=1S/C15H12Cl3NOS/c16-10-5-3-9(4-6-10)13(12-2-1-7-21-12)19-14(20)11-8-15(11,17)18/h1-7,11,13H,8H2,(H,19,20)/t11-,13-/m0/s1. The number of amides is 1. The van der Waals surface area contributed by atoms with E-state index < -0.39 is 4.33 Å². The predicted molar refractivity (Wildman–Crippen MR) is 88.3 cm³/mol. The van der Waals surface area contributed by atoms with Gasteiger partial charge in [0.05, 0.1) is 12.0 Å². The normalized spacial score (nSPS) is 20.8. The molecule has 1 heterocycles. The van der Waals surface area contributed by atoms with Crippen molar-refractivity contribution in [3.63, 3.8) is 0 Å². The molecule has 1 aromatic heterocycles. The minimum Gasteiger partial charge on any atom is -0.344 e. The Morgan fingerprint density at radius 3 is 2.48 bits per heavy atom. The number of rotatable bonds is 4. The van der Waals surface area contributed by atoms with Gasteiger partial charge in [-0.05, 0) is 35.6 Å². The number of hydrogen-bond donors (Lipinski definition) is 1. The van der Waals surface area contributed by atoms with Gasteiger partial charge in [-0.1, -0.05) is 29.8 Å². The first-order chi connectivity index (χ1) is 9.97.